The summed E-state index contributed by atoms with van der Waals surface area (Å²) in [7, 11) is 0. The highest BCUT2D eigenvalue weighted by atomic mass is 16.5. The maximum atomic E-state index is 6.10. The number of aromatic amines is 1. The lowest BCUT2D eigenvalue weighted by Crippen LogP contribution is -2.09. The summed E-state index contributed by atoms with van der Waals surface area (Å²) in [6, 6.07) is 5.75. The van der Waals surface area contributed by atoms with Crippen LogP contribution in [0.15, 0.2) is 24.4 Å². The summed E-state index contributed by atoms with van der Waals surface area (Å²) >= 11 is 0. The summed E-state index contributed by atoms with van der Waals surface area (Å²) in [5.41, 5.74) is 9.78. The van der Waals surface area contributed by atoms with Crippen LogP contribution >= 0.6 is 0 Å². The molecule has 0 spiro atoms. The molecule has 0 amide bonds. The molecule has 1 aromatic heterocycles. The molecule has 1 heterocycles. The number of hydrogen-bond acceptors (Lipinski definition) is 4. The Kier molecular flexibility index (Phi) is 3.94. The van der Waals surface area contributed by atoms with Crippen molar-refractivity contribution in [3.8, 4) is 5.75 Å². The van der Waals surface area contributed by atoms with Crippen molar-refractivity contribution in [1.29, 1.82) is 0 Å². The van der Waals surface area contributed by atoms with Crippen LogP contribution in [0.1, 0.15) is 25.1 Å². The van der Waals surface area contributed by atoms with Crippen LogP contribution in [0.3, 0.4) is 0 Å². The van der Waals surface area contributed by atoms with Gasteiger partial charge in [-0.05, 0) is 32.9 Å². The molecule has 0 saturated carbocycles. The third-order valence-corrected chi connectivity index (χ3v) is 2.83. The maximum Gasteiger partial charge on any atom is 0.144 e. The smallest absolute Gasteiger partial charge is 0.144 e. The monoisotopic (exact) mass is 260 g/mol. The van der Waals surface area contributed by atoms with Crippen LogP contribution in [0, 0.1) is 6.92 Å². The zero-order chi connectivity index (χ0) is 13.8. The summed E-state index contributed by atoms with van der Waals surface area (Å²) < 4.78 is 5.66. The highest BCUT2D eigenvalue weighted by Gasteiger charge is 2.08. The minimum absolute atomic E-state index is 0.105. The molecule has 0 saturated heterocycles. The molecule has 0 aliphatic rings. The number of anilines is 2. The number of nitrogen functional groups attached to an aromatic ring is 1. The van der Waals surface area contributed by atoms with Crippen LogP contribution in [-0.2, 0) is 6.54 Å². The van der Waals surface area contributed by atoms with E-state index in [0.29, 0.717) is 18.0 Å². The Balaban J connectivity index is 2.10. The zero-order valence-corrected chi connectivity index (χ0v) is 11.5. The van der Waals surface area contributed by atoms with Crippen LogP contribution in [0.4, 0.5) is 11.4 Å². The Morgan fingerprint density at radius 2 is 2.21 bits per heavy atom. The number of nitrogens with zero attached hydrogens (tertiary/aromatic N) is 1. The first-order valence-electron chi connectivity index (χ1n) is 6.35. The van der Waals surface area contributed by atoms with Gasteiger partial charge in [0.1, 0.15) is 5.75 Å². The molecule has 0 atom stereocenters. The highest BCUT2D eigenvalue weighted by Crippen LogP contribution is 2.30. The molecule has 0 unspecified atom stereocenters. The molecule has 5 nitrogen and oxygen atoms in total. The predicted molar refractivity (Wildman–Crippen MR) is 77.3 cm³/mol. The molecule has 0 bridgehead atoms. The lowest BCUT2D eigenvalue weighted by Gasteiger charge is -2.15. The van der Waals surface area contributed by atoms with Gasteiger partial charge in [0.25, 0.3) is 0 Å². The molecule has 0 fully saturated rings. The quantitative estimate of drug-likeness (QED) is 0.722. The molecule has 0 aliphatic heterocycles. The average Bonchev–Trinajstić information content (AvgIpc) is 2.76. The topological polar surface area (TPSA) is 76.0 Å². The number of nitrogens with one attached hydrogen (secondary N) is 2. The fraction of sp³-hybridized carbons (Fsp3) is 0.357. The minimum Gasteiger partial charge on any atom is -0.489 e. The van der Waals surface area contributed by atoms with Gasteiger partial charge in [-0.15, -0.1) is 0 Å². The number of rotatable bonds is 5. The van der Waals surface area contributed by atoms with E-state index in [2.05, 4.69) is 15.5 Å². The molecule has 2 aromatic rings. The van der Waals surface area contributed by atoms with E-state index < -0.39 is 0 Å². The van der Waals surface area contributed by atoms with Crippen molar-refractivity contribution in [1.82, 2.24) is 10.2 Å². The third kappa shape index (κ3) is 3.19. The number of aryl methyl sites for hydroxylation is 1. The second-order valence-electron chi connectivity index (χ2n) is 4.76. The van der Waals surface area contributed by atoms with Gasteiger partial charge in [-0.25, -0.2) is 0 Å². The molecule has 1 aromatic carbocycles. The van der Waals surface area contributed by atoms with E-state index in [1.807, 2.05) is 45.2 Å². The van der Waals surface area contributed by atoms with Gasteiger partial charge in [-0.2, -0.15) is 5.10 Å². The van der Waals surface area contributed by atoms with Crippen LogP contribution in [0.5, 0.6) is 5.75 Å². The normalized spacial score (nSPS) is 10.7. The van der Waals surface area contributed by atoms with Crippen LogP contribution < -0.4 is 15.8 Å². The van der Waals surface area contributed by atoms with Gasteiger partial charge >= 0.3 is 0 Å². The third-order valence-electron chi connectivity index (χ3n) is 2.83. The van der Waals surface area contributed by atoms with Crippen LogP contribution in [0.2, 0.25) is 0 Å². The number of para-hydroxylation sites is 1. The molecule has 0 aliphatic carbocycles. The molecular formula is C14H20N4O. The first-order valence-corrected chi connectivity index (χ1v) is 6.35. The van der Waals surface area contributed by atoms with E-state index in [9.17, 15) is 0 Å². The SMILES string of the molecule is Cc1[nH]ncc1CNc1cccc(OC(C)C)c1N. The van der Waals surface area contributed by atoms with Crippen LogP contribution in [0.25, 0.3) is 0 Å². The molecule has 2 rings (SSSR count). The van der Waals surface area contributed by atoms with E-state index in [4.69, 9.17) is 10.5 Å². The van der Waals surface area contributed by atoms with Crippen molar-refractivity contribution < 1.29 is 4.74 Å². The zero-order valence-electron chi connectivity index (χ0n) is 11.5. The average molecular weight is 260 g/mol. The number of H-pyrrole nitrogens is 1. The number of aromatic nitrogens is 2. The van der Waals surface area contributed by atoms with Crippen molar-refractivity contribution in [2.75, 3.05) is 11.1 Å². The molecule has 4 N–H and O–H groups in total. The molecule has 5 heteroatoms. The minimum atomic E-state index is 0.105. The summed E-state index contributed by atoms with van der Waals surface area (Å²) in [6.45, 7) is 6.63. The van der Waals surface area contributed by atoms with Gasteiger partial charge in [0, 0.05) is 17.8 Å². The molecular weight excluding hydrogens is 240 g/mol. The second kappa shape index (κ2) is 5.65. The summed E-state index contributed by atoms with van der Waals surface area (Å²) in [5, 5.41) is 10.2. The Bertz CT molecular complexity index is 548. The second-order valence-corrected chi connectivity index (χ2v) is 4.76. The summed E-state index contributed by atoms with van der Waals surface area (Å²) in [6.07, 6.45) is 1.92. The number of nitrogens with two attached hydrogens (primary N) is 1. The first-order chi connectivity index (χ1) is 9.08. The van der Waals surface area contributed by atoms with Crippen LogP contribution in [-0.4, -0.2) is 16.3 Å². The predicted octanol–water partition coefficient (Wildman–Crippen LogP) is 2.70. The van der Waals surface area contributed by atoms with Crippen molar-refractivity contribution in [3.63, 3.8) is 0 Å². The van der Waals surface area contributed by atoms with Crippen molar-refractivity contribution in [2.24, 2.45) is 0 Å². The van der Waals surface area contributed by atoms with Gasteiger partial charge in [-0.3, -0.25) is 5.10 Å². The van der Waals surface area contributed by atoms with Crippen molar-refractivity contribution >= 4 is 11.4 Å². The van der Waals surface area contributed by atoms with Gasteiger partial charge in [0.15, 0.2) is 0 Å². The van der Waals surface area contributed by atoms with Crippen molar-refractivity contribution in [2.45, 2.75) is 33.4 Å². The number of ether oxygens (including phenoxy) is 1. The van der Waals surface area contributed by atoms with E-state index >= 15 is 0 Å². The largest absolute Gasteiger partial charge is 0.489 e. The van der Waals surface area contributed by atoms with E-state index in [-0.39, 0.29) is 6.10 Å². The Morgan fingerprint density at radius 3 is 2.84 bits per heavy atom. The number of hydrogen-bond donors (Lipinski definition) is 3. The Morgan fingerprint density at radius 1 is 1.42 bits per heavy atom. The van der Waals surface area contributed by atoms with Gasteiger partial charge < -0.3 is 15.8 Å². The fourth-order valence-corrected chi connectivity index (χ4v) is 1.80. The highest BCUT2D eigenvalue weighted by molar-refractivity contribution is 5.73. The molecule has 102 valence electrons. The lowest BCUT2D eigenvalue weighted by atomic mass is 10.2. The lowest BCUT2D eigenvalue weighted by molar-refractivity contribution is 0.244. The summed E-state index contributed by atoms with van der Waals surface area (Å²) in [4.78, 5) is 0. The summed E-state index contributed by atoms with van der Waals surface area (Å²) in [5.74, 6) is 0.712. The van der Waals surface area contributed by atoms with E-state index in [1.165, 1.54) is 0 Å². The van der Waals surface area contributed by atoms with Gasteiger partial charge in [-0.1, -0.05) is 6.07 Å². The Labute approximate surface area is 113 Å². The number of benzene rings is 1. The van der Waals surface area contributed by atoms with Gasteiger partial charge in [0.05, 0.1) is 23.7 Å². The van der Waals surface area contributed by atoms with Gasteiger partial charge in [0.2, 0.25) is 0 Å². The molecule has 19 heavy (non-hydrogen) atoms. The fourth-order valence-electron chi connectivity index (χ4n) is 1.80. The first kappa shape index (κ1) is 13.3. The maximum absolute atomic E-state index is 6.10. The standard InChI is InChI=1S/C14H20N4O/c1-9(2)19-13-6-4-5-12(14(13)15)16-7-11-8-17-18-10(11)3/h4-6,8-9,16H,7,15H2,1-3H3,(H,17,18). The molecule has 0 radical (unpaired) electrons. The Hall–Kier alpha value is -2.17. The van der Waals surface area contributed by atoms with Crippen molar-refractivity contribution in [3.05, 3.63) is 35.7 Å². The van der Waals surface area contributed by atoms with E-state index in [0.717, 1.165) is 16.9 Å². The van der Waals surface area contributed by atoms with E-state index in [1.54, 1.807) is 0 Å².